The first kappa shape index (κ1) is 27.7. The van der Waals surface area contributed by atoms with Crippen LogP contribution in [0.1, 0.15) is 36.5 Å². The summed E-state index contributed by atoms with van der Waals surface area (Å²) in [7, 11) is 3.89. The van der Waals surface area contributed by atoms with Crippen LogP contribution < -0.4 is 4.74 Å². The van der Waals surface area contributed by atoms with E-state index in [0.29, 0.717) is 23.8 Å². The van der Waals surface area contributed by atoms with E-state index in [0.717, 1.165) is 72.5 Å². The first-order valence-corrected chi connectivity index (χ1v) is 15.1. The number of pyridine rings is 1. The molecule has 0 spiro atoms. The minimum absolute atomic E-state index is 0.0126. The number of imidazole rings is 1. The van der Waals surface area contributed by atoms with Crippen molar-refractivity contribution in [1.29, 1.82) is 0 Å². The molecule has 2 saturated heterocycles. The highest BCUT2D eigenvalue weighted by atomic mass is 79.9. The van der Waals surface area contributed by atoms with Crippen LogP contribution in [0.25, 0.3) is 11.0 Å². The van der Waals surface area contributed by atoms with Crippen molar-refractivity contribution in [3.05, 3.63) is 75.4 Å². The second kappa shape index (κ2) is 12.2. The number of fused-ring (bicyclic) bond motifs is 1. The summed E-state index contributed by atoms with van der Waals surface area (Å²) >= 11 is 9.44. The number of benzene rings is 1. The van der Waals surface area contributed by atoms with Crippen molar-refractivity contribution in [2.75, 3.05) is 19.7 Å². The number of hydrogen-bond donors (Lipinski definition) is 0. The van der Waals surface area contributed by atoms with Crippen molar-refractivity contribution >= 4 is 48.8 Å². The topological polar surface area (TPSA) is 78.2 Å². The number of rotatable bonds is 9. The molecular formula is C28H28BrClFN6O2Si. The molecule has 0 aliphatic carbocycles. The lowest BCUT2D eigenvalue weighted by Crippen LogP contribution is -2.39. The van der Waals surface area contributed by atoms with Gasteiger partial charge in [0.2, 0.25) is 5.82 Å². The van der Waals surface area contributed by atoms with E-state index in [1.807, 2.05) is 36.5 Å². The van der Waals surface area contributed by atoms with Crippen LogP contribution in [0.4, 0.5) is 4.39 Å². The highest BCUT2D eigenvalue weighted by molar-refractivity contribution is 9.10. The highest BCUT2D eigenvalue weighted by Crippen LogP contribution is 2.28. The molecule has 0 unspecified atom stereocenters. The van der Waals surface area contributed by atoms with Gasteiger partial charge in [0.25, 0.3) is 5.88 Å². The Bertz CT molecular complexity index is 1480. The third-order valence-electron chi connectivity index (χ3n) is 7.46. The first-order valence-electron chi connectivity index (χ1n) is 13.4. The van der Waals surface area contributed by atoms with Gasteiger partial charge < -0.3 is 14.0 Å². The molecule has 6 rings (SSSR count). The van der Waals surface area contributed by atoms with Gasteiger partial charge in [-0.3, -0.25) is 4.90 Å². The number of nitrogens with zero attached hydrogens (tertiary/aromatic N) is 6. The molecule has 4 aromatic rings. The van der Waals surface area contributed by atoms with E-state index in [1.54, 1.807) is 0 Å². The fraction of sp³-hybridized carbons (Fsp3) is 0.429. The van der Waals surface area contributed by atoms with Crippen LogP contribution in [0.5, 0.6) is 5.88 Å². The Balaban J connectivity index is 1.09. The minimum Gasteiger partial charge on any atom is -0.472 e. The van der Waals surface area contributed by atoms with Gasteiger partial charge in [-0.05, 0) is 64.5 Å². The molecular weight excluding hydrogens is 615 g/mol. The Hall–Kier alpha value is -2.44. The molecule has 0 N–H and O–H groups in total. The zero-order chi connectivity index (χ0) is 27.6. The Morgan fingerprint density at radius 3 is 2.62 bits per heavy atom. The fourth-order valence-corrected chi connectivity index (χ4v) is 6.03. The number of halogens is 3. The van der Waals surface area contributed by atoms with Crippen LogP contribution in [0.3, 0.4) is 0 Å². The van der Waals surface area contributed by atoms with Crippen molar-refractivity contribution in [2.24, 2.45) is 0 Å². The number of ether oxygens (including phenoxy) is 2. The van der Waals surface area contributed by atoms with E-state index < -0.39 is 5.82 Å². The van der Waals surface area contributed by atoms with Crippen molar-refractivity contribution < 1.29 is 13.9 Å². The summed E-state index contributed by atoms with van der Waals surface area (Å²) in [4.78, 5) is 20.3. The van der Waals surface area contributed by atoms with Gasteiger partial charge in [-0.25, -0.2) is 15.0 Å². The van der Waals surface area contributed by atoms with E-state index >= 15 is 0 Å². The van der Waals surface area contributed by atoms with Crippen LogP contribution in [0.15, 0.2) is 47.3 Å². The largest absolute Gasteiger partial charge is 0.472 e. The molecule has 207 valence electrons. The van der Waals surface area contributed by atoms with Gasteiger partial charge in [0.05, 0.1) is 36.1 Å². The number of hydrogen-bond acceptors (Lipinski definition) is 7. The summed E-state index contributed by atoms with van der Waals surface area (Å²) in [5.74, 6) is 0.966. The lowest BCUT2D eigenvalue weighted by Gasteiger charge is -2.33. The van der Waals surface area contributed by atoms with Gasteiger partial charge in [0.1, 0.15) is 22.4 Å². The third-order valence-corrected chi connectivity index (χ3v) is 8.70. The van der Waals surface area contributed by atoms with Crippen LogP contribution in [-0.2, 0) is 24.2 Å². The molecule has 0 saturated carbocycles. The molecule has 2 fully saturated rings. The number of likely N-dealkylation sites (tertiary alicyclic amines) is 1. The average Bonchev–Trinajstić information content (AvgIpc) is 3.23. The molecule has 0 bridgehead atoms. The minimum atomic E-state index is -0.546. The van der Waals surface area contributed by atoms with Gasteiger partial charge in [-0.2, -0.15) is 9.37 Å². The monoisotopic (exact) mass is 641 g/mol. The van der Waals surface area contributed by atoms with Crippen LogP contribution in [-0.4, -0.2) is 71.5 Å². The summed E-state index contributed by atoms with van der Waals surface area (Å²) in [6.45, 7) is 3.89. The summed E-state index contributed by atoms with van der Waals surface area (Å²) in [6, 6.07) is 9.41. The van der Waals surface area contributed by atoms with Crippen LogP contribution in [0.2, 0.25) is 10.6 Å². The van der Waals surface area contributed by atoms with Gasteiger partial charge in [0.15, 0.2) is 0 Å². The van der Waals surface area contributed by atoms with Gasteiger partial charge in [-0.15, -0.1) is 0 Å². The lowest BCUT2D eigenvalue weighted by molar-refractivity contribution is -0.0556. The van der Waals surface area contributed by atoms with Crippen LogP contribution >= 0.6 is 27.5 Å². The van der Waals surface area contributed by atoms with Gasteiger partial charge in [-0.1, -0.05) is 23.7 Å². The lowest BCUT2D eigenvalue weighted by atomic mass is 10.1. The maximum Gasteiger partial charge on any atom is 0.254 e. The van der Waals surface area contributed by atoms with E-state index in [9.17, 15) is 4.39 Å². The molecule has 5 heterocycles. The van der Waals surface area contributed by atoms with Crippen LogP contribution in [0, 0.1) is 5.82 Å². The van der Waals surface area contributed by atoms with E-state index in [4.69, 9.17) is 26.1 Å². The van der Waals surface area contributed by atoms with Crippen molar-refractivity contribution in [1.82, 2.24) is 29.4 Å². The molecule has 3 aromatic heterocycles. The first-order chi connectivity index (χ1) is 19.4. The van der Waals surface area contributed by atoms with E-state index in [1.165, 1.54) is 6.20 Å². The average molecular weight is 643 g/mol. The smallest absolute Gasteiger partial charge is 0.254 e. The molecule has 40 heavy (non-hydrogen) atoms. The maximum atomic E-state index is 14.5. The van der Waals surface area contributed by atoms with Gasteiger partial charge in [0, 0.05) is 47.9 Å². The van der Waals surface area contributed by atoms with Crippen molar-refractivity contribution in [3.63, 3.8) is 0 Å². The third kappa shape index (κ3) is 6.38. The Morgan fingerprint density at radius 2 is 1.90 bits per heavy atom. The summed E-state index contributed by atoms with van der Waals surface area (Å²) in [5.41, 5.74) is 3.11. The summed E-state index contributed by atoms with van der Waals surface area (Å²) < 4.78 is 29.3. The normalized spacial score (nSPS) is 19.1. The molecule has 0 amide bonds. The zero-order valence-corrected chi connectivity index (χ0v) is 25.1. The Morgan fingerprint density at radius 1 is 1.12 bits per heavy atom. The predicted octanol–water partition coefficient (Wildman–Crippen LogP) is 5.16. The quantitative estimate of drug-likeness (QED) is 0.185. The fourth-order valence-electron chi connectivity index (χ4n) is 5.14. The highest BCUT2D eigenvalue weighted by Gasteiger charge is 2.28. The molecule has 2 aliphatic heterocycles. The Kier molecular flexibility index (Phi) is 8.45. The maximum absolute atomic E-state index is 14.5. The SMILES string of the molecule is Fc1cnc(Cc2ccc(Cl)cc2)nc1OC1CCN(Cc2nc3cc(Br)ncc3n2C[C@H]([Si])[C@@H]2CCO2)CC1. The van der Waals surface area contributed by atoms with E-state index in [-0.39, 0.29) is 23.6 Å². The number of aromatic nitrogens is 5. The predicted molar refractivity (Wildman–Crippen MR) is 154 cm³/mol. The molecule has 3 radical (unpaired) electrons. The van der Waals surface area contributed by atoms with Crippen molar-refractivity contribution in [3.8, 4) is 5.88 Å². The summed E-state index contributed by atoms with van der Waals surface area (Å²) in [5, 5.41) is 0.664. The van der Waals surface area contributed by atoms with Gasteiger partial charge >= 0.3 is 0 Å². The standard InChI is InChI=1S/C28H28BrClFN6O2Si/c29-25-12-21-22(14-32-25)37(15-24(40)23-7-10-38-23)27(34-21)16-36-8-5-19(6-9-36)39-28-20(31)13-33-26(35-28)11-17-1-3-18(30)4-2-17/h1-4,12-14,19,23-24H,5-11,15-16H2/t23-,24-/m0/s1. The Labute approximate surface area is 248 Å². The second-order valence-corrected chi connectivity index (χ2v) is 12.3. The molecule has 8 nitrogen and oxygen atoms in total. The van der Waals surface area contributed by atoms with E-state index in [2.05, 4.69) is 50.6 Å². The molecule has 1 aromatic carbocycles. The zero-order valence-electron chi connectivity index (χ0n) is 21.8. The number of piperidine rings is 1. The molecule has 2 aliphatic rings. The molecule has 2 atom stereocenters. The summed E-state index contributed by atoms with van der Waals surface area (Å²) in [6.07, 6.45) is 6.21. The van der Waals surface area contributed by atoms with Crippen molar-refractivity contribution in [2.45, 2.75) is 56.5 Å². The molecule has 12 heteroatoms. The second-order valence-electron chi connectivity index (χ2n) is 10.3.